The fourth-order valence-corrected chi connectivity index (χ4v) is 2.19. The van der Waals surface area contributed by atoms with Crippen molar-refractivity contribution in [1.82, 2.24) is 0 Å². The lowest BCUT2D eigenvalue weighted by Crippen LogP contribution is -2.41. The van der Waals surface area contributed by atoms with Crippen molar-refractivity contribution in [3.63, 3.8) is 0 Å². The van der Waals surface area contributed by atoms with E-state index in [4.69, 9.17) is 14.0 Å². The zero-order valence-electron chi connectivity index (χ0n) is 14.5. The molecule has 1 fully saturated rings. The van der Waals surface area contributed by atoms with Gasteiger partial charge in [0.1, 0.15) is 0 Å². The van der Waals surface area contributed by atoms with Gasteiger partial charge in [0.15, 0.2) is 11.5 Å². The molecule has 24 heavy (non-hydrogen) atoms. The summed E-state index contributed by atoms with van der Waals surface area (Å²) < 4.78 is 59.1. The molecule has 8 heteroatoms. The average Bonchev–Trinajstić information content (AvgIpc) is 2.64. The molecule has 0 amide bonds. The Morgan fingerprint density at radius 3 is 2.12 bits per heavy atom. The third-order valence-corrected chi connectivity index (χ3v) is 4.18. The van der Waals surface area contributed by atoms with Crippen LogP contribution in [0.5, 0.6) is 11.5 Å². The first-order valence-electron chi connectivity index (χ1n) is 7.83. The monoisotopic (exact) mass is 346 g/mol. The number of ether oxygens (including phenoxy) is 2. The summed E-state index contributed by atoms with van der Waals surface area (Å²) in [6.45, 7) is 9.66. The summed E-state index contributed by atoms with van der Waals surface area (Å²) in [5, 5.41) is 0. The lowest BCUT2D eigenvalue weighted by molar-refractivity contribution is -0.275. The number of benzene rings is 1. The van der Waals surface area contributed by atoms with Gasteiger partial charge in [-0.05, 0) is 51.7 Å². The summed E-state index contributed by atoms with van der Waals surface area (Å²) in [5.74, 6) is -0.363. The Morgan fingerprint density at radius 1 is 1.04 bits per heavy atom. The standard InChI is InChI=1S/C16H22BF3O4/c1-6-9-21-12-8-7-11(10-13(12)22-16(18,19)20)17-23-14(2,3)15(4,5)24-17/h7-8,10H,6,9H2,1-5H3. The minimum atomic E-state index is -4.81. The maximum atomic E-state index is 12.7. The van der Waals surface area contributed by atoms with Gasteiger partial charge < -0.3 is 18.8 Å². The Hall–Kier alpha value is -1.41. The molecule has 1 heterocycles. The van der Waals surface area contributed by atoms with Crippen LogP contribution in [0.15, 0.2) is 18.2 Å². The molecule has 0 aromatic heterocycles. The smallest absolute Gasteiger partial charge is 0.490 e. The van der Waals surface area contributed by atoms with Gasteiger partial charge in [0.25, 0.3) is 0 Å². The van der Waals surface area contributed by atoms with Gasteiger partial charge in [-0.25, -0.2) is 0 Å². The molecule has 1 saturated heterocycles. The van der Waals surface area contributed by atoms with E-state index in [9.17, 15) is 13.2 Å². The Kier molecular flexibility index (Phi) is 5.11. The summed E-state index contributed by atoms with van der Waals surface area (Å²) in [5.41, 5.74) is -0.725. The summed E-state index contributed by atoms with van der Waals surface area (Å²) >= 11 is 0. The van der Waals surface area contributed by atoms with Crippen LogP contribution in [0.3, 0.4) is 0 Å². The van der Waals surface area contributed by atoms with Crippen LogP contribution in [0, 0.1) is 0 Å². The topological polar surface area (TPSA) is 36.9 Å². The molecule has 1 aromatic rings. The summed E-state index contributed by atoms with van der Waals surface area (Å²) in [7, 11) is -0.772. The second-order valence-electron chi connectivity index (χ2n) is 6.69. The molecule has 0 aliphatic carbocycles. The lowest BCUT2D eigenvalue weighted by atomic mass is 9.79. The summed E-state index contributed by atoms with van der Waals surface area (Å²) in [6.07, 6.45) is -4.14. The fraction of sp³-hybridized carbons (Fsp3) is 0.625. The minimum Gasteiger partial charge on any atom is -0.490 e. The molecule has 0 saturated carbocycles. The Morgan fingerprint density at radius 2 is 1.62 bits per heavy atom. The molecule has 0 bridgehead atoms. The predicted molar refractivity (Wildman–Crippen MR) is 84.6 cm³/mol. The Bertz CT molecular complexity index is 571. The molecule has 0 atom stereocenters. The maximum Gasteiger partial charge on any atom is 0.573 e. The van der Waals surface area contributed by atoms with Crippen molar-refractivity contribution < 1.29 is 32.0 Å². The number of hydrogen-bond donors (Lipinski definition) is 0. The first-order chi connectivity index (χ1) is 11.0. The predicted octanol–water partition coefficient (Wildman–Crippen LogP) is 3.67. The maximum absolute atomic E-state index is 12.7. The zero-order valence-corrected chi connectivity index (χ0v) is 14.5. The normalized spacial score (nSPS) is 19.4. The third kappa shape index (κ3) is 4.16. The van der Waals surface area contributed by atoms with Gasteiger partial charge in [-0.1, -0.05) is 13.0 Å². The molecule has 0 spiro atoms. The SMILES string of the molecule is CCCOc1ccc(B2OC(C)(C)C(C)(C)O2)cc1OC(F)(F)F. The van der Waals surface area contributed by atoms with E-state index in [0.29, 0.717) is 18.5 Å². The minimum absolute atomic E-state index is 0.0365. The summed E-state index contributed by atoms with van der Waals surface area (Å²) in [6, 6.07) is 4.31. The van der Waals surface area contributed by atoms with Gasteiger partial charge >= 0.3 is 13.5 Å². The van der Waals surface area contributed by atoms with Gasteiger partial charge in [0, 0.05) is 0 Å². The summed E-state index contributed by atoms with van der Waals surface area (Å²) in [4.78, 5) is 0. The van der Waals surface area contributed by atoms with E-state index in [-0.39, 0.29) is 5.75 Å². The van der Waals surface area contributed by atoms with Crippen molar-refractivity contribution in [3.8, 4) is 11.5 Å². The van der Waals surface area contributed by atoms with Crippen molar-refractivity contribution in [1.29, 1.82) is 0 Å². The van der Waals surface area contributed by atoms with Crippen LogP contribution >= 0.6 is 0 Å². The van der Waals surface area contributed by atoms with Crippen LogP contribution in [0.4, 0.5) is 13.2 Å². The van der Waals surface area contributed by atoms with Crippen molar-refractivity contribution in [2.45, 2.75) is 58.6 Å². The highest BCUT2D eigenvalue weighted by atomic mass is 19.4. The van der Waals surface area contributed by atoms with Crippen LogP contribution in [-0.2, 0) is 9.31 Å². The highest BCUT2D eigenvalue weighted by Gasteiger charge is 2.52. The Balaban J connectivity index is 2.31. The van der Waals surface area contributed by atoms with Gasteiger partial charge in [0.05, 0.1) is 17.8 Å². The second kappa shape index (κ2) is 6.48. The van der Waals surface area contributed by atoms with E-state index in [1.54, 1.807) is 6.07 Å². The van der Waals surface area contributed by atoms with Crippen molar-refractivity contribution in [2.75, 3.05) is 6.61 Å². The van der Waals surface area contributed by atoms with Crippen molar-refractivity contribution in [2.24, 2.45) is 0 Å². The number of rotatable bonds is 5. The van der Waals surface area contributed by atoms with Crippen LogP contribution in [-0.4, -0.2) is 31.3 Å². The van der Waals surface area contributed by atoms with E-state index < -0.39 is 30.4 Å². The highest BCUT2D eigenvalue weighted by Crippen LogP contribution is 2.38. The van der Waals surface area contributed by atoms with Gasteiger partial charge in [-0.3, -0.25) is 0 Å². The van der Waals surface area contributed by atoms with Gasteiger partial charge in [0.2, 0.25) is 0 Å². The number of hydrogen-bond acceptors (Lipinski definition) is 4. The molecule has 0 unspecified atom stereocenters. The van der Waals surface area contributed by atoms with E-state index in [2.05, 4.69) is 4.74 Å². The Labute approximate surface area is 140 Å². The molecule has 0 N–H and O–H groups in total. The lowest BCUT2D eigenvalue weighted by Gasteiger charge is -2.32. The highest BCUT2D eigenvalue weighted by molar-refractivity contribution is 6.62. The van der Waals surface area contributed by atoms with Crippen LogP contribution in [0.1, 0.15) is 41.0 Å². The first kappa shape index (κ1) is 18.9. The van der Waals surface area contributed by atoms with Crippen molar-refractivity contribution >= 4 is 12.6 Å². The van der Waals surface area contributed by atoms with Crippen molar-refractivity contribution in [3.05, 3.63) is 18.2 Å². The molecular formula is C16H22BF3O4. The van der Waals surface area contributed by atoms with Gasteiger partial charge in [-0.15, -0.1) is 13.2 Å². The fourth-order valence-electron chi connectivity index (χ4n) is 2.19. The molecule has 1 aromatic carbocycles. The second-order valence-corrected chi connectivity index (χ2v) is 6.69. The average molecular weight is 346 g/mol. The number of halogens is 3. The first-order valence-corrected chi connectivity index (χ1v) is 7.83. The quantitative estimate of drug-likeness (QED) is 0.763. The largest absolute Gasteiger partial charge is 0.573 e. The van der Waals surface area contributed by atoms with Gasteiger partial charge in [-0.2, -0.15) is 0 Å². The molecule has 1 aliphatic rings. The molecule has 4 nitrogen and oxygen atoms in total. The zero-order chi connectivity index (χ0) is 18.2. The van der Waals surface area contributed by atoms with Crippen LogP contribution < -0.4 is 14.9 Å². The van der Waals surface area contributed by atoms with Crippen LogP contribution in [0.2, 0.25) is 0 Å². The van der Waals surface area contributed by atoms with E-state index >= 15 is 0 Å². The van der Waals surface area contributed by atoms with Crippen LogP contribution in [0.25, 0.3) is 0 Å². The number of alkyl halides is 3. The van der Waals surface area contributed by atoms with E-state index in [0.717, 1.165) is 0 Å². The molecule has 0 radical (unpaired) electrons. The third-order valence-electron chi connectivity index (χ3n) is 4.18. The van der Waals surface area contributed by atoms with E-state index in [1.807, 2.05) is 34.6 Å². The van der Waals surface area contributed by atoms with E-state index in [1.165, 1.54) is 12.1 Å². The molecular weight excluding hydrogens is 324 g/mol. The molecule has 1 aliphatic heterocycles. The molecule has 134 valence electrons. The molecule has 2 rings (SSSR count).